The lowest BCUT2D eigenvalue weighted by Crippen LogP contribution is -2.11. The number of aromatic carboxylic acids is 1. The molecular weight excluding hydrogens is 230 g/mol. The fourth-order valence-electron chi connectivity index (χ4n) is 1.82. The molecule has 2 rings (SSSR count). The summed E-state index contributed by atoms with van der Waals surface area (Å²) < 4.78 is 0. The van der Waals surface area contributed by atoms with Gasteiger partial charge in [0.2, 0.25) is 0 Å². The van der Waals surface area contributed by atoms with E-state index in [9.17, 15) is 4.79 Å². The summed E-state index contributed by atoms with van der Waals surface area (Å²) in [6.07, 6.45) is 0. The minimum absolute atomic E-state index is 0.102. The van der Waals surface area contributed by atoms with Gasteiger partial charge in [-0.3, -0.25) is 5.10 Å². The summed E-state index contributed by atoms with van der Waals surface area (Å²) in [7, 11) is 3.98. The van der Waals surface area contributed by atoms with Gasteiger partial charge in [-0.2, -0.15) is 5.10 Å². The van der Waals surface area contributed by atoms with Crippen molar-refractivity contribution in [1.82, 2.24) is 15.1 Å². The molecule has 0 aliphatic heterocycles. The Balaban J connectivity index is 2.39. The number of H-pyrrole nitrogens is 1. The molecule has 0 bridgehead atoms. The summed E-state index contributed by atoms with van der Waals surface area (Å²) in [6, 6.07) is 9.40. The fraction of sp³-hybridized carbons (Fsp3) is 0.231. The molecule has 0 aliphatic carbocycles. The predicted octanol–water partition coefficient (Wildman–Crippen LogP) is 1.84. The summed E-state index contributed by atoms with van der Waals surface area (Å²) in [5.41, 5.74) is 2.83. The Kier molecular flexibility index (Phi) is 3.43. The molecule has 94 valence electrons. The highest BCUT2D eigenvalue weighted by Gasteiger charge is 2.12. The average molecular weight is 245 g/mol. The van der Waals surface area contributed by atoms with Gasteiger partial charge >= 0.3 is 5.97 Å². The molecule has 0 amide bonds. The Morgan fingerprint density at radius 3 is 2.72 bits per heavy atom. The van der Waals surface area contributed by atoms with Crippen molar-refractivity contribution in [3.63, 3.8) is 0 Å². The van der Waals surface area contributed by atoms with E-state index in [-0.39, 0.29) is 5.69 Å². The van der Waals surface area contributed by atoms with Crippen LogP contribution in [0.3, 0.4) is 0 Å². The van der Waals surface area contributed by atoms with Gasteiger partial charge in [-0.25, -0.2) is 4.79 Å². The molecule has 0 fully saturated rings. The number of carboxylic acids is 1. The van der Waals surface area contributed by atoms with E-state index in [1.807, 2.05) is 38.4 Å². The quantitative estimate of drug-likeness (QED) is 0.862. The number of benzene rings is 1. The SMILES string of the molecule is CN(C)Cc1ccccc1-c1cc(C(=O)O)[nH]n1. The van der Waals surface area contributed by atoms with Crippen LogP contribution in [0, 0.1) is 0 Å². The van der Waals surface area contributed by atoms with Crippen LogP contribution in [0.4, 0.5) is 0 Å². The molecule has 5 heteroatoms. The third-order valence-electron chi connectivity index (χ3n) is 2.59. The number of nitrogens with zero attached hydrogens (tertiary/aromatic N) is 2. The molecule has 0 atom stereocenters. The van der Waals surface area contributed by atoms with E-state index in [1.165, 1.54) is 0 Å². The van der Waals surface area contributed by atoms with E-state index in [2.05, 4.69) is 15.1 Å². The number of hydrogen-bond donors (Lipinski definition) is 2. The zero-order valence-electron chi connectivity index (χ0n) is 10.3. The van der Waals surface area contributed by atoms with E-state index >= 15 is 0 Å². The second kappa shape index (κ2) is 5.01. The van der Waals surface area contributed by atoms with E-state index in [4.69, 9.17) is 5.11 Å². The first-order chi connectivity index (χ1) is 8.58. The standard InChI is InChI=1S/C13H15N3O2/c1-16(2)8-9-5-3-4-6-10(9)11-7-12(13(17)18)15-14-11/h3-7H,8H2,1-2H3,(H,14,15)(H,17,18). The van der Waals surface area contributed by atoms with Crippen molar-refractivity contribution in [1.29, 1.82) is 0 Å². The highest BCUT2D eigenvalue weighted by molar-refractivity contribution is 5.87. The molecule has 0 saturated carbocycles. The van der Waals surface area contributed by atoms with Crippen molar-refractivity contribution >= 4 is 5.97 Å². The van der Waals surface area contributed by atoms with Crippen LogP contribution >= 0.6 is 0 Å². The van der Waals surface area contributed by atoms with Gasteiger partial charge in [0.25, 0.3) is 0 Å². The van der Waals surface area contributed by atoms with Crippen molar-refractivity contribution in [2.45, 2.75) is 6.54 Å². The third-order valence-corrected chi connectivity index (χ3v) is 2.59. The van der Waals surface area contributed by atoms with Gasteiger partial charge < -0.3 is 10.0 Å². The summed E-state index contributed by atoms with van der Waals surface area (Å²) in [5.74, 6) is -1.00. The molecule has 2 N–H and O–H groups in total. The van der Waals surface area contributed by atoms with E-state index in [0.29, 0.717) is 5.69 Å². The first-order valence-electron chi connectivity index (χ1n) is 5.59. The van der Waals surface area contributed by atoms with Crippen molar-refractivity contribution in [2.24, 2.45) is 0 Å². The average Bonchev–Trinajstić information content (AvgIpc) is 2.78. The van der Waals surface area contributed by atoms with Crippen LogP contribution in [0.1, 0.15) is 16.1 Å². The van der Waals surface area contributed by atoms with Crippen molar-refractivity contribution in [3.8, 4) is 11.3 Å². The first kappa shape index (κ1) is 12.3. The molecule has 1 aromatic heterocycles. The van der Waals surface area contributed by atoms with E-state index in [1.54, 1.807) is 6.07 Å². The van der Waals surface area contributed by atoms with Crippen molar-refractivity contribution in [2.75, 3.05) is 14.1 Å². The summed E-state index contributed by atoms with van der Waals surface area (Å²) in [4.78, 5) is 12.9. The minimum atomic E-state index is -1.00. The number of aromatic amines is 1. The number of rotatable bonds is 4. The molecular formula is C13H15N3O2. The van der Waals surface area contributed by atoms with Gasteiger partial charge in [0.1, 0.15) is 5.69 Å². The second-order valence-corrected chi connectivity index (χ2v) is 4.37. The van der Waals surface area contributed by atoms with Gasteiger partial charge in [0, 0.05) is 12.1 Å². The van der Waals surface area contributed by atoms with Gasteiger partial charge in [-0.1, -0.05) is 24.3 Å². The number of hydrogen-bond acceptors (Lipinski definition) is 3. The topological polar surface area (TPSA) is 69.2 Å². The van der Waals surface area contributed by atoms with Crippen molar-refractivity contribution in [3.05, 3.63) is 41.6 Å². The van der Waals surface area contributed by atoms with Crippen LogP contribution in [0.15, 0.2) is 30.3 Å². The van der Waals surface area contributed by atoms with Crippen molar-refractivity contribution < 1.29 is 9.90 Å². The highest BCUT2D eigenvalue weighted by atomic mass is 16.4. The second-order valence-electron chi connectivity index (χ2n) is 4.37. The normalized spacial score (nSPS) is 10.8. The molecule has 1 aromatic carbocycles. The van der Waals surface area contributed by atoms with Gasteiger partial charge in [-0.15, -0.1) is 0 Å². The molecule has 5 nitrogen and oxygen atoms in total. The maximum Gasteiger partial charge on any atom is 0.353 e. The Bertz CT molecular complexity index is 561. The predicted molar refractivity (Wildman–Crippen MR) is 68.4 cm³/mol. The van der Waals surface area contributed by atoms with Crippen LogP contribution in [0.5, 0.6) is 0 Å². The highest BCUT2D eigenvalue weighted by Crippen LogP contribution is 2.23. The van der Waals surface area contributed by atoms with Gasteiger partial charge in [0.05, 0.1) is 5.69 Å². The molecule has 0 radical (unpaired) electrons. The van der Waals surface area contributed by atoms with Gasteiger partial charge in [-0.05, 0) is 25.7 Å². The third kappa shape index (κ3) is 2.57. The number of carbonyl (C=O) groups is 1. The zero-order valence-corrected chi connectivity index (χ0v) is 10.3. The Hall–Kier alpha value is -2.14. The van der Waals surface area contributed by atoms with Gasteiger partial charge in [0.15, 0.2) is 0 Å². The molecule has 18 heavy (non-hydrogen) atoms. The van der Waals surface area contributed by atoms with Crippen LogP contribution in [-0.4, -0.2) is 40.3 Å². The van der Waals surface area contributed by atoms with Crippen LogP contribution in [0.2, 0.25) is 0 Å². The van der Waals surface area contributed by atoms with Crippen LogP contribution in [0.25, 0.3) is 11.3 Å². The Morgan fingerprint density at radius 2 is 2.11 bits per heavy atom. The van der Waals surface area contributed by atoms with Crippen LogP contribution < -0.4 is 0 Å². The maximum absolute atomic E-state index is 10.8. The monoisotopic (exact) mass is 245 g/mol. The van der Waals surface area contributed by atoms with E-state index < -0.39 is 5.97 Å². The number of carboxylic acid groups (broad SMARTS) is 1. The molecule has 0 unspecified atom stereocenters. The summed E-state index contributed by atoms with van der Waals surface area (Å²) in [5, 5.41) is 15.5. The molecule has 0 aliphatic rings. The Morgan fingerprint density at radius 1 is 1.39 bits per heavy atom. The largest absolute Gasteiger partial charge is 0.477 e. The lowest BCUT2D eigenvalue weighted by atomic mass is 10.0. The summed E-state index contributed by atoms with van der Waals surface area (Å²) in [6.45, 7) is 0.783. The maximum atomic E-state index is 10.8. The minimum Gasteiger partial charge on any atom is -0.477 e. The molecule has 0 saturated heterocycles. The lowest BCUT2D eigenvalue weighted by Gasteiger charge is -2.12. The molecule has 1 heterocycles. The smallest absolute Gasteiger partial charge is 0.353 e. The number of nitrogens with one attached hydrogen (secondary N) is 1. The molecule has 2 aromatic rings. The Labute approximate surface area is 105 Å². The number of aromatic nitrogens is 2. The fourth-order valence-corrected chi connectivity index (χ4v) is 1.82. The lowest BCUT2D eigenvalue weighted by molar-refractivity contribution is 0.0690. The van der Waals surface area contributed by atoms with E-state index in [0.717, 1.165) is 17.7 Å². The zero-order chi connectivity index (χ0) is 13.1. The first-order valence-corrected chi connectivity index (χ1v) is 5.59. The van der Waals surface area contributed by atoms with Crippen LogP contribution in [-0.2, 0) is 6.54 Å². The summed E-state index contributed by atoms with van der Waals surface area (Å²) >= 11 is 0. The molecule has 0 spiro atoms.